The zero-order chi connectivity index (χ0) is 25.3. The lowest BCUT2D eigenvalue weighted by atomic mass is 9.87. The minimum Gasteiger partial charge on any atom is -0.204 e. The number of nitrogens with zero attached hydrogens (tertiary/aromatic N) is 2. The predicted molar refractivity (Wildman–Crippen MR) is 134 cm³/mol. The first-order valence-corrected chi connectivity index (χ1v) is 12.4. The van der Waals surface area contributed by atoms with Crippen LogP contribution in [0.3, 0.4) is 0 Å². The van der Waals surface area contributed by atoms with Gasteiger partial charge in [-0.05, 0) is 46.2 Å². The first kappa shape index (κ1) is 25.8. The maximum absolute atomic E-state index is 15.5. The largest absolute Gasteiger partial charge is 0.204 e. The van der Waals surface area contributed by atoms with Crippen LogP contribution in [0.1, 0.15) is 63.8 Å². The molecule has 0 atom stereocenters. The molecule has 0 fully saturated rings. The Morgan fingerprint density at radius 2 is 0.882 bits per heavy atom. The monoisotopic (exact) mass is 492 g/mol. The maximum Gasteiger partial charge on any atom is 0.157 e. The number of hydrogen-bond acceptors (Lipinski definition) is 4. The van der Waals surface area contributed by atoms with Gasteiger partial charge in [-0.2, -0.15) is 10.5 Å². The molecule has 34 heavy (non-hydrogen) atoms. The third kappa shape index (κ3) is 5.46. The van der Waals surface area contributed by atoms with Crippen LogP contribution in [-0.2, 0) is 10.8 Å². The summed E-state index contributed by atoms with van der Waals surface area (Å²) in [5.74, 6) is -1.75. The summed E-state index contributed by atoms with van der Waals surface area (Å²) in [7, 11) is 0. The molecule has 3 aromatic rings. The Kier molecular flexibility index (Phi) is 7.46. The maximum atomic E-state index is 15.5. The molecule has 0 saturated carbocycles. The van der Waals surface area contributed by atoms with Crippen molar-refractivity contribution in [3.05, 3.63) is 82.4 Å². The van der Waals surface area contributed by atoms with Crippen molar-refractivity contribution >= 4 is 23.5 Å². The second-order valence-electron chi connectivity index (χ2n) is 10.0. The molecule has 2 nitrogen and oxygen atoms in total. The van der Waals surface area contributed by atoms with Crippen molar-refractivity contribution in [3.8, 4) is 12.1 Å². The SMILES string of the molecule is CC(C)(C)c1ccc(Sc2c(F)c(C#N)c(C#N)c(F)c2Sc2ccc(C(C)(C)C)cc2)cc1. The second-order valence-corrected chi connectivity index (χ2v) is 12.2. The van der Waals surface area contributed by atoms with Gasteiger partial charge in [0.2, 0.25) is 0 Å². The number of halogens is 2. The highest BCUT2D eigenvalue weighted by Crippen LogP contribution is 2.44. The van der Waals surface area contributed by atoms with Gasteiger partial charge in [0, 0.05) is 9.79 Å². The van der Waals surface area contributed by atoms with E-state index >= 15 is 8.78 Å². The van der Waals surface area contributed by atoms with Gasteiger partial charge in [0.05, 0.1) is 9.79 Å². The van der Waals surface area contributed by atoms with Gasteiger partial charge in [0.1, 0.15) is 23.3 Å². The van der Waals surface area contributed by atoms with Crippen molar-refractivity contribution in [2.75, 3.05) is 0 Å². The minimum absolute atomic E-state index is 0.00135. The molecular weight excluding hydrogens is 466 g/mol. The van der Waals surface area contributed by atoms with Gasteiger partial charge >= 0.3 is 0 Å². The van der Waals surface area contributed by atoms with Crippen LogP contribution < -0.4 is 0 Å². The fourth-order valence-corrected chi connectivity index (χ4v) is 5.33. The summed E-state index contributed by atoms with van der Waals surface area (Å²) in [4.78, 5) is 1.43. The topological polar surface area (TPSA) is 47.6 Å². The van der Waals surface area contributed by atoms with Crippen LogP contribution in [0, 0.1) is 34.3 Å². The lowest BCUT2D eigenvalue weighted by Gasteiger charge is -2.20. The van der Waals surface area contributed by atoms with Crippen LogP contribution in [0.5, 0.6) is 0 Å². The summed E-state index contributed by atoms with van der Waals surface area (Å²) in [6, 6.07) is 18.6. The van der Waals surface area contributed by atoms with E-state index < -0.39 is 22.8 Å². The number of hydrogen-bond donors (Lipinski definition) is 0. The highest BCUT2D eigenvalue weighted by atomic mass is 32.2. The summed E-state index contributed by atoms with van der Waals surface area (Å²) in [6.45, 7) is 12.6. The molecular formula is C28H26F2N2S2. The molecule has 0 aliphatic rings. The van der Waals surface area contributed by atoms with E-state index in [1.54, 1.807) is 12.1 Å². The van der Waals surface area contributed by atoms with Crippen molar-refractivity contribution in [2.24, 2.45) is 0 Å². The molecule has 0 radical (unpaired) electrons. The van der Waals surface area contributed by atoms with E-state index in [9.17, 15) is 10.5 Å². The number of rotatable bonds is 4. The molecule has 3 rings (SSSR count). The summed E-state index contributed by atoms with van der Waals surface area (Å²) in [5.41, 5.74) is 1.03. The van der Waals surface area contributed by atoms with Gasteiger partial charge in [-0.1, -0.05) is 89.3 Å². The number of nitriles is 2. The lowest BCUT2D eigenvalue weighted by Crippen LogP contribution is -2.10. The van der Waals surface area contributed by atoms with E-state index in [4.69, 9.17) is 0 Å². The highest BCUT2D eigenvalue weighted by molar-refractivity contribution is 8.02. The van der Waals surface area contributed by atoms with E-state index in [2.05, 4.69) is 41.5 Å². The quantitative estimate of drug-likeness (QED) is 0.366. The van der Waals surface area contributed by atoms with Crippen molar-refractivity contribution in [1.29, 1.82) is 10.5 Å². The van der Waals surface area contributed by atoms with Gasteiger partial charge in [-0.25, -0.2) is 8.78 Å². The standard InChI is InChI=1S/C28H26F2N2S2/c1-27(2,3)17-7-11-19(12-8-17)33-25-23(29)21(15-31)22(16-32)24(30)26(25)34-20-13-9-18(10-14-20)28(4,5)6/h7-14H,1-6H3. The molecule has 0 aromatic heterocycles. The van der Waals surface area contributed by atoms with Gasteiger partial charge in [0.15, 0.2) is 11.6 Å². The van der Waals surface area contributed by atoms with Gasteiger partial charge in [-0.15, -0.1) is 0 Å². The predicted octanol–water partition coefficient (Wildman–Crippen LogP) is 8.61. The van der Waals surface area contributed by atoms with Crippen molar-refractivity contribution in [3.63, 3.8) is 0 Å². The molecule has 0 aliphatic carbocycles. The molecule has 6 heteroatoms. The normalized spacial score (nSPS) is 11.7. The molecule has 174 valence electrons. The molecule has 0 heterocycles. The molecule has 0 saturated heterocycles. The average molecular weight is 493 g/mol. The average Bonchev–Trinajstić information content (AvgIpc) is 2.77. The third-order valence-electron chi connectivity index (χ3n) is 5.40. The molecule has 3 aromatic carbocycles. The molecule has 0 unspecified atom stereocenters. The fourth-order valence-electron chi connectivity index (χ4n) is 3.32. The van der Waals surface area contributed by atoms with E-state index in [1.165, 1.54) is 0 Å². The van der Waals surface area contributed by atoms with Crippen LogP contribution in [0.4, 0.5) is 8.78 Å². The third-order valence-corrected chi connectivity index (χ3v) is 7.72. The summed E-state index contributed by atoms with van der Waals surface area (Å²) in [6.07, 6.45) is 0. The Morgan fingerprint density at radius 1 is 0.588 bits per heavy atom. The Morgan fingerprint density at radius 3 is 1.12 bits per heavy atom. The molecule has 0 amide bonds. The van der Waals surface area contributed by atoms with E-state index in [-0.39, 0.29) is 20.6 Å². The lowest BCUT2D eigenvalue weighted by molar-refractivity contribution is 0.544. The Balaban J connectivity index is 2.10. The molecule has 0 N–H and O–H groups in total. The van der Waals surface area contributed by atoms with E-state index in [1.807, 2.05) is 48.5 Å². The highest BCUT2D eigenvalue weighted by Gasteiger charge is 2.27. The first-order valence-electron chi connectivity index (χ1n) is 10.8. The van der Waals surface area contributed by atoms with E-state index in [0.717, 1.165) is 34.7 Å². The Labute approximate surface area is 209 Å². The van der Waals surface area contributed by atoms with Gasteiger partial charge in [0.25, 0.3) is 0 Å². The van der Waals surface area contributed by atoms with Gasteiger partial charge in [-0.3, -0.25) is 0 Å². The van der Waals surface area contributed by atoms with Crippen LogP contribution in [0.2, 0.25) is 0 Å². The Bertz CT molecular complexity index is 1180. The summed E-state index contributed by atoms with van der Waals surface area (Å²) in [5, 5.41) is 18.9. The fraction of sp³-hybridized carbons (Fsp3) is 0.286. The molecule has 0 spiro atoms. The Hall–Kier alpha value is -2.80. The first-order chi connectivity index (χ1) is 15.9. The zero-order valence-electron chi connectivity index (χ0n) is 20.1. The zero-order valence-corrected chi connectivity index (χ0v) is 21.7. The van der Waals surface area contributed by atoms with Crippen molar-refractivity contribution < 1.29 is 8.78 Å². The second kappa shape index (κ2) is 9.82. The van der Waals surface area contributed by atoms with Crippen LogP contribution >= 0.6 is 23.5 Å². The molecule has 0 aliphatic heterocycles. The smallest absolute Gasteiger partial charge is 0.157 e. The minimum atomic E-state index is -0.876. The van der Waals surface area contributed by atoms with Crippen molar-refractivity contribution in [1.82, 2.24) is 0 Å². The summed E-state index contributed by atoms with van der Waals surface area (Å²) < 4.78 is 30.9. The summed E-state index contributed by atoms with van der Waals surface area (Å²) >= 11 is 2.11. The van der Waals surface area contributed by atoms with Crippen LogP contribution in [0.25, 0.3) is 0 Å². The van der Waals surface area contributed by atoms with E-state index in [0.29, 0.717) is 9.79 Å². The van der Waals surface area contributed by atoms with Crippen LogP contribution in [-0.4, -0.2) is 0 Å². The van der Waals surface area contributed by atoms with Gasteiger partial charge < -0.3 is 0 Å². The number of benzene rings is 3. The van der Waals surface area contributed by atoms with Crippen LogP contribution in [0.15, 0.2) is 68.1 Å². The molecule has 0 bridgehead atoms. The van der Waals surface area contributed by atoms with Crippen molar-refractivity contribution in [2.45, 2.75) is 72.0 Å².